The van der Waals surface area contributed by atoms with Crippen molar-refractivity contribution in [2.24, 2.45) is 0 Å². The lowest BCUT2D eigenvalue weighted by Crippen LogP contribution is -2.54. The summed E-state index contributed by atoms with van der Waals surface area (Å²) in [5.41, 5.74) is 1.52. The fraction of sp³-hybridized carbons (Fsp3) is 0.931. The van der Waals surface area contributed by atoms with E-state index < -0.39 is 31.5 Å². The molecule has 1 atom stereocenters. The number of nitrogens with zero attached hydrogens (tertiary/aromatic N) is 1. The number of carbonyl (C=O) groups is 2. The second-order valence-corrected chi connectivity index (χ2v) is 27.0. The van der Waals surface area contributed by atoms with Gasteiger partial charge in [0.15, 0.2) is 0 Å². The van der Waals surface area contributed by atoms with Crippen molar-refractivity contribution in [2.75, 3.05) is 34.9 Å². The van der Waals surface area contributed by atoms with Gasteiger partial charge in [0.25, 0.3) is 22.6 Å². The minimum absolute atomic E-state index is 0.0313. The van der Waals surface area contributed by atoms with Crippen LogP contribution in [0.15, 0.2) is 0 Å². The van der Waals surface area contributed by atoms with Crippen LogP contribution in [-0.2, 0) is 31.7 Å². The van der Waals surface area contributed by atoms with Gasteiger partial charge in [-0.05, 0) is 53.3 Å². The monoisotopic (exact) mass is 621 g/mol. The van der Waals surface area contributed by atoms with E-state index in [-0.39, 0.29) is 51.6 Å². The highest BCUT2D eigenvalue weighted by atomic mass is 28.4. The lowest BCUT2D eigenvalue weighted by molar-refractivity contribution is -0.147. The molecule has 8 nitrogen and oxygen atoms in total. The molecule has 0 aromatic rings. The molecule has 0 aliphatic rings. The summed E-state index contributed by atoms with van der Waals surface area (Å²) in [5.74, 6) is -0.626. The first kappa shape index (κ1) is 39.4. The highest BCUT2D eigenvalue weighted by Crippen LogP contribution is 2.44. The number of likely N-dealkylation sites (N-methyl/N-ethyl adjacent to an activating group) is 1. The van der Waals surface area contributed by atoms with Gasteiger partial charge < -0.3 is 22.1 Å². The summed E-state index contributed by atoms with van der Waals surface area (Å²) in [6, 6.07) is -0.141. The summed E-state index contributed by atoms with van der Waals surface area (Å²) in [7, 11) is -1.02. The molecule has 0 amide bonds. The van der Waals surface area contributed by atoms with Gasteiger partial charge in [-0.1, -0.05) is 83.1 Å². The lowest BCUT2D eigenvalue weighted by atomic mass is 10.2. The maximum absolute atomic E-state index is 14.1. The third-order valence-corrected chi connectivity index (χ3v) is 23.9. The van der Waals surface area contributed by atoms with Gasteiger partial charge in [0, 0.05) is 27.4 Å². The molecule has 0 bridgehead atoms. The molecule has 0 aromatic carbocycles. The minimum Gasteiger partial charge on any atom is -0.518 e. The molecule has 0 saturated heterocycles. The summed E-state index contributed by atoms with van der Waals surface area (Å²) in [6.07, 6.45) is 0.650. The highest BCUT2D eigenvalue weighted by molar-refractivity contribution is 6.79. The van der Waals surface area contributed by atoms with Crippen LogP contribution in [-0.4, -0.2) is 83.2 Å². The minimum atomic E-state index is -2.75. The number of carbonyl (C=O) groups excluding carboxylic acids is 2. The first-order valence-corrected chi connectivity index (χ1v) is 21.4. The standard InChI is InChI=1S/C29H63NO7Si3/c1-21(2)39(22(3)4,23(5)6)36-28(31)20-27(30(13)18-17-19-38(33-14,34-15)35-16)29(32)37-40(24(7)8,25(9)10)26(11)12/h21-27H,17-20H2,1-16H3. The van der Waals surface area contributed by atoms with Crippen LogP contribution in [0, 0.1) is 0 Å². The van der Waals surface area contributed by atoms with E-state index in [1.54, 1.807) is 21.3 Å². The summed E-state index contributed by atoms with van der Waals surface area (Å²) in [4.78, 5) is 29.7. The summed E-state index contributed by atoms with van der Waals surface area (Å²) >= 11 is 0. The predicted octanol–water partition coefficient (Wildman–Crippen LogP) is 7.38. The van der Waals surface area contributed by atoms with E-state index in [1.807, 2.05) is 11.9 Å². The van der Waals surface area contributed by atoms with E-state index in [9.17, 15) is 9.59 Å². The second kappa shape index (κ2) is 16.9. The van der Waals surface area contributed by atoms with Gasteiger partial charge >= 0.3 is 14.8 Å². The Kier molecular flexibility index (Phi) is 16.7. The maximum atomic E-state index is 14.1. The van der Waals surface area contributed by atoms with Crippen molar-refractivity contribution in [3.8, 4) is 0 Å². The van der Waals surface area contributed by atoms with E-state index in [0.29, 0.717) is 19.0 Å². The van der Waals surface area contributed by atoms with Gasteiger partial charge in [0.1, 0.15) is 6.04 Å². The van der Waals surface area contributed by atoms with Crippen LogP contribution in [0.1, 0.15) is 95.9 Å². The quantitative estimate of drug-likeness (QED) is 0.138. The van der Waals surface area contributed by atoms with Gasteiger partial charge in [-0.15, -0.1) is 0 Å². The molecule has 0 rings (SSSR count). The number of hydrogen-bond acceptors (Lipinski definition) is 8. The zero-order valence-corrected chi connectivity index (χ0v) is 31.7. The summed E-state index contributed by atoms with van der Waals surface area (Å²) in [5, 5.41) is 0. The SMILES string of the molecule is CO[Si](CCCN(C)C(CC(=O)O[Si](C(C)C)(C(C)C)C(C)C)C(=O)O[Si](C(C)C)(C(C)C)C(C)C)(OC)OC. The fourth-order valence-electron chi connectivity index (χ4n) is 7.02. The molecule has 0 radical (unpaired) electrons. The molecule has 0 fully saturated rings. The van der Waals surface area contributed by atoms with E-state index in [4.69, 9.17) is 22.1 Å². The molecule has 0 aliphatic heterocycles. The zero-order valence-electron chi connectivity index (χ0n) is 28.7. The average molecular weight is 622 g/mol. The van der Waals surface area contributed by atoms with Crippen LogP contribution in [0.25, 0.3) is 0 Å². The van der Waals surface area contributed by atoms with Crippen LogP contribution in [0.5, 0.6) is 0 Å². The fourth-order valence-corrected chi connectivity index (χ4v) is 19.1. The zero-order chi connectivity index (χ0) is 31.6. The maximum Gasteiger partial charge on any atom is 0.500 e. The molecule has 0 spiro atoms. The van der Waals surface area contributed by atoms with E-state index in [1.165, 1.54) is 0 Å². The molecule has 0 aliphatic carbocycles. The van der Waals surface area contributed by atoms with Crippen molar-refractivity contribution in [3.63, 3.8) is 0 Å². The first-order valence-electron chi connectivity index (χ1n) is 15.1. The number of rotatable bonds is 19. The largest absolute Gasteiger partial charge is 0.518 e. The van der Waals surface area contributed by atoms with Gasteiger partial charge in [0.2, 0.25) is 0 Å². The average Bonchev–Trinajstić information content (AvgIpc) is 2.85. The van der Waals surface area contributed by atoms with E-state index in [2.05, 4.69) is 83.1 Å². The van der Waals surface area contributed by atoms with Crippen LogP contribution >= 0.6 is 0 Å². The Morgan fingerprint density at radius 2 is 0.975 bits per heavy atom. The Labute approximate surface area is 249 Å². The Hall–Kier alpha value is -0.569. The Morgan fingerprint density at radius 3 is 1.30 bits per heavy atom. The molecule has 0 aromatic heterocycles. The molecule has 1 unspecified atom stereocenters. The molecule has 0 saturated carbocycles. The molecule has 0 N–H and O–H groups in total. The van der Waals surface area contributed by atoms with Crippen molar-refractivity contribution in [2.45, 2.75) is 141 Å². The Bertz CT molecular complexity index is 719. The molecule has 40 heavy (non-hydrogen) atoms. The number of hydrogen-bond donors (Lipinski definition) is 0. The van der Waals surface area contributed by atoms with Gasteiger partial charge in [-0.2, -0.15) is 0 Å². The van der Waals surface area contributed by atoms with Crippen LogP contribution in [0.4, 0.5) is 0 Å². The van der Waals surface area contributed by atoms with Gasteiger partial charge in [0.05, 0.1) is 6.42 Å². The predicted molar refractivity (Wildman–Crippen MR) is 172 cm³/mol. The van der Waals surface area contributed by atoms with Crippen LogP contribution < -0.4 is 0 Å². The third kappa shape index (κ3) is 9.21. The molecule has 238 valence electrons. The summed E-state index contributed by atoms with van der Waals surface area (Å²) in [6.45, 7) is 26.4. The van der Waals surface area contributed by atoms with E-state index in [0.717, 1.165) is 0 Å². The molecule has 0 heterocycles. The molecular formula is C29H63NO7Si3. The Balaban J connectivity index is 6.29. The highest BCUT2D eigenvalue weighted by Gasteiger charge is 2.51. The smallest absolute Gasteiger partial charge is 0.500 e. The van der Waals surface area contributed by atoms with Crippen molar-refractivity contribution >= 4 is 37.4 Å². The van der Waals surface area contributed by atoms with Crippen molar-refractivity contribution in [1.82, 2.24) is 4.90 Å². The van der Waals surface area contributed by atoms with Gasteiger partial charge in [-0.25, -0.2) is 0 Å². The topological polar surface area (TPSA) is 83.5 Å². The first-order chi connectivity index (χ1) is 18.3. The molecule has 11 heteroatoms. The molecular weight excluding hydrogens is 559 g/mol. The van der Waals surface area contributed by atoms with Crippen molar-refractivity contribution in [3.05, 3.63) is 0 Å². The van der Waals surface area contributed by atoms with Crippen LogP contribution in [0.3, 0.4) is 0 Å². The van der Waals surface area contributed by atoms with Gasteiger partial charge in [-0.3, -0.25) is 14.5 Å². The van der Waals surface area contributed by atoms with Crippen molar-refractivity contribution < 1.29 is 31.7 Å². The normalized spacial score (nSPS) is 14.4. The lowest BCUT2D eigenvalue weighted by Gasteiger charge is -2.43. The second-order valence-electron chi connectivity index (χ2n) is 13.1. The Morgan fingerprint density at radius 1 is 0.625 bits per heavy atom. The summed E-state index contributed by atoms with van der Waals surface area (Å²) < 4.78 is 29.8. The third-order valence-electron chi connectivity index (χ3n) is 9.07. The van der Waals surface area contributed by atoms with Crippen molar-refractivity contribution in [1.29, 1.82) is 0 Å². The van der Waals surface area contributed by atoms with Crippen LogP contribution in [0.2, 0.25) is 39.3 Å². The van der Waals surface area contributed by atoms with E-state index >= 15 is 0 Å².